The fraction of sp³-hybridized carbons (Fsp3) is 0.333. The van der Waals surface area contributed by atoms with E-state index in [0.29, 0.717) is 6.54 Å². The molecule has 0 spiro atoms. The molecule has 6 heteroatoms. The van der Waals surface area contributed by atoms with Crippen molar-refractivity contribution >= 4 is 11.6 Å². The van der Waals surface area contributed by atoms with E-state index in [-0.39, 0.29) is 19.1 Å². The van der Waals surface area contributed by atoms with Crippen molar-refractivity contribution in [3.63, 3.8) is 0 Å². The minimum absolute atomic E-state index is 0.0906. The van der Waals surface area contributed by atoms with E-state index in [0.717, 1.165) is 28.4 Å². The van der Waals surface area contributed by atoms with Crippen molar-refractivity contribution in [3.05, 3.63) is 41.2 Å². The maximum absolute atomic E-state index is 12.2. The third kappa shape index (κ3) is 4.61. The van der Waals surface area contributed by atoms with Crippen molar-refractivity contribution in [2.75, 3.05) is 25.5 Å². The Labute approximate surface area is 142 Å². The Bertz CT molecular complexity index is 726. The number of aromatic nitrogens is 2. The summed E-state index contributed by atoms with van der Waals surface area (Å²) < 4.78 is 5.53. The van der Waals surface area contributed by atoms with Crippen LogP contribution in [0.1, 0.15) is 17.0 Å². The van der Waals surface area contributed by atoms with E-state index >= 15 is 0 Å². The Morgan fingerprint density at radius 1 is 1.42 bits per heavy atom. The number of likely N-dealkylation sites (N-methyl/N-ethyl adjacent to an activating group) is 1. The summed E-state index contributed by atoms with van der Waals surface area (Å²) in [6, 6.07) is 7.67. The molecule has 0 atom stereocenters. The Morgan fingerprint density at radius 2 is 2.17 bits per heavy atom. The van der Waals surface area contributed by atoms with Crippen molar-refractivity contribution in [2.45, 2.75) is 20.4 Å². The van der Waals surface area contributed by atoms with E-state index in [2.05, 4.69) is 21.4 Å². The summed E-state index contributed by atoms with van der Waals surface area (Å²) in [6.07, 6.45) is 5.24. The second kappa shape index (κ2) is 8.18. The van der Waals surface area contributed by atoms with Gasteiger partial charge in [-0.15, -0.1) is 6.42 Å². The monoisotopic (exact) mass is 326 g/mol. The maximum Gasteiger partial charge on any atom is 0.238 e. The van der Waals surface area contributed by atoms with Crippen molar-refractivity contribution in [1.29, 1.82) is 0 Å². The molecule has 1 heterocycles. The first-order valence-corrected chi connectivity index (χ1v) is 7.65. The molecule has 1 aromatic heterocycles. The molecular weight excluding hydrogens is 304 g/mol. The predicted octanol–water partition coefficient (Wildman–Crippen LogP) is 2.11. The maximum atomic E-state index is 12.2. The van der Waals surface area contributed by atoms with Crippen LogP contribution in [-0.4, -0.2) is 41.2 Å². The van der Waals surface area contributed by atoms with Crippen molar-refractivity contribution in [3.8, 4) is 18.1 Å². The summed E-state index contributed by atoms with van der Waals surface area (Å²) in [7, 11) is 1.88. The number of anilines is 1. The van der Waals surface area contributed by atoms with Crippen LogP contribution in [0.2, 0.25) is 0 Å². The zero-order valence-electron chi connectivity index (χ0n) is 14.2. The summed E-state index contributed by atoms with van der Waals surface area (Å²) >= 11 is 0. The molecule has 6 nitrogen and oxygen atoms in total. The number of nitrogens with one attached hydrogen (secondary N) is 2. The third-order valence-corrected chi connectivity index (χ3v) is 3.53. The van der Waals surface area contributed by atoms with E-state index in [1.54, 1.807) is 0 Å². The molecule has 2 N–H and O–H groups in total. The van der Waals surface area contributed by atoms with Crippen molar-refractivity contribution in [2.24, 2.45) is 0 Å². The number of H-pyrrole nitrogens is 1. The topological polar surface area (TPSA) is 70.2 Å². The molecule has 2 rings (SSSR count). The Kier molecular flexibility index (Phi) is 5.99. The average molecular weight is 326 g/mol. The van der Waals surface area contributed by atoms with Gasteiger partial charge in [0.1, 0.15) is 12.4 Å². The number of carbonyl (C=O) groups excluding carboxylic acids is 1. The number of para-hydroxylation sites is 1. The first kappa shape index (κ1) is 17.6. The zero-order valence-corrected chi connectivity index (χ0v) is 14.2. The van der Waals surface area contributed by atoms with Gasteiger partial charge >= 0.3 is 0 Å². The smallest absolute Gasteiger partial charge is 0.238 e. The van der Waals surface area contributed by atoms with E-state index in [4.69, 9.17) is 11.2 Å². The van der Waals surface area contributed by atoms with Gasteiger partial charge < -0.3 is 10.1 Å². The lowest BCUT2D eigenvalue weighted by Gasteiger charge is -2.18. The van der Waals surface area contributed by atoms with Gasteiger partial charge in [-0.2, -0.15) is 5.10 Å². The zero-order chi connectivity index (χ0) is 17.5. The highest BCUT2D eigenvalue weighted by Crippen LogP contribution is 2.20. The van der Waals surface area contributed by atoms with Gasteiger partial charge in [-0.1, -0.05) is 24.1 Å². The van der Waals surface area contributed by atoms with Gasteiger partial charge in [0, 0.05) is 12.1 Å². The van der Waals surface area contributed by atoms with Crippen molar-refractivity contribution < 1.29 is 9.53 Å². The summed E-state index contributed by atoms with van der Waals surface area (Å²) in [6.45, 7) is 4.78. The van der Waals surface area contributed by atoms with Gasteiger partial charge in [0.2, 0.25) is 5.91 Å². The number of ether oxygens (including phenoxy) is 1. The lowest BCUT2D eigenvalue weighted by atomic mass is 10.2. The van der Waals surface area contributed by atoms with E-state index in [1.165, 1.54) is 0 Å². The summed E-state index contributed by atoms with van der Waals surface area (Å²) in [4.78, 5) is 14.1. The second-order valence-electron chi connectivity index (χ2n) is 5.63. The molecule has 0 aliphatic rings. The standard InChI is InChI=1S/C18H22N4O2/c1-5-10-24-16-9-7-6-8-15(16)11-22(4)12-17(23)19-18-13(2)20-21-14(18)3/h1,6-9H,10-12H2,2-4H3,(H,19,23)(H,20,21). The molecule has 0 saturated heterocycles. The van der Waals surface area contributed by atoms with Gasteiger partial charge in [0.15, 0.2) is 0 Å². The lowest BCUT2D eigenvalue weighted by molar-refractivity contribution is -0.117. The Hall–Kier alpha value is -2.78. The molecule has 1 amide bonds. The Balaban J connectivity index is 1.95. The molecule has 24 heavy (non-hydrogen) atoms. The number of aryl methyl sites for hydroxylation is 2. The number of nitrogens with zero attached hydrogens (tertiary/aromatic N) is 2. The Morgan fingerprint density at radius 3 is 2.83 bits per heavy atom. The van der Waals surface area contributed by atoms with Crippen LogP contribution in [0.15, 0.2) is 24.3 Å². The molecule has 0 radical (unpaired) electrons. The van der Waals surface area contributed by atoms with E-state index in [9.17, 15) is 4.79 Å². The largest absolute Gasteiger partial charge is 0.481 e. The molecule has 1 aromatic carbocycles. The molecule has 0 bridgehead atoms. The van der Waals surface area contributed by atoms with Crippen LogP contribution >= 0.6 is 0 Å². The fourth-order valence-electron chi connectivity index (χ4n) is 2.40. The molecule has 0 fully saturated rings. The molecule has 0 aliphatic heterocycles. The van der Waals surface area contributed by atoms with E-state index in [1.807, 2.05) is 50.1 Å². The molecule has 0 saturated carbocycles. The van der Waals surface area contributed by atoms with Crippen LogP contribution in [0.4, 0.5) is 5.69 Å². The number of benzene rings is 1. The minimum atomic E-state index is -0.0906. The minimum Gasteiger partial charge on any atom is -0.481 e. The van der Waals surface area contributed by atoms with Crippen LogP contribution in [-0.2, 0) is 11.3 Å². The molecule has 126 valence electrons. The summed E-state index contributed by atoms with van der Waals surface area (Å²) in [5, 5.41) is 9.81. The highest BCUT2D eigenvalue weighted by molar-refractivity contribution is 5.93. The van der Waals surface area contributed by atoms with Gasteiger partial charge in [-0.05, 0) is 27.0 Å². The quantitative estimate of drug-likeness (QED) is 0.765. The predicted molar refractivity (Wildman–Crippen MR) is 93.8 cm³/mol. The van der Waals surface area contributed by atoms with Crippen LogP contribution in [0, 0.1) is 26.2 Å². The first-order valence-electron chi connectivity index (χ1n) is 7.65. The second-order valence-corrected chi connectivity index (χ2v) is 5.63. The first-order chi connectivity index (χ1) is 11.5. The lowest BCUT2D eigenvalue weighted by Crippen LogP contribution is -2.30. The fourth-order valence-corrected chi connectivity index (χ4v) is 2.40. The normalized spacial score (nSPS) is 10.5. The van der Waals surface area contributed by atoms with Gasteiger partial charge in [-0.25, -0.2) is 0 Å². The molecule has 0 unspecified atom stereocenters. The van der Waals surface area contributed by atoms with Crippen LogP contribution < -0.4 is 10.1 Å². The molecule has 2 aromatic rings. The number of amides is 1. The van der Waals surface area contributed by atoms with Crippen molar-refractivity contribution in [1.82, 2.24) is 15.1 Å². The summed E-state index contributed by atoms with van der Waals surface area (Å²) in [5.74, 6) is 3.10. The van der Waals surface area contributed by atoms with Crippen LogP contribution in [0.5, 0.6) is 5.75 Å². The van der Waals surface area contributed by atoms with Gasteiger partial charge in [0.05, 0.1) is 23.6 Å². The summed E-state index contributed by atoms with van der Waals surface area (Å²) in [5.41, 5.74) is 3.35. The molecular formula is C18H22N4O2. The number of terminal acetylenes is 1. The van der Waals surface area contributed by atoms with Crippen LogP contribution in [0.3, 0.4) is 0 Å². The van der Waals surface area contributed by atoms with Crippen LogP contribution in [0.25, 0.3) is 0 Å². The van der Waals surface area contributed by atoms with Gasteiger partial charge in [-0.3, -0.25) is 14.8 Å². The number of aromatic amines is 1. The number of hydrogen-bond acceptors (Lipinski definition) is 4. The number of rotatable bonds is 7. The third-order valence-electron chi connectivity index (χ3n) is 3.53. The SMILES string of the molecule is C#CCOc1ccccc1CN(C)CC(=O)Nc1c(C)n[nH]c1C. The number of carbonyl (C=O) groups is 1. The average Bonchev–Trinajstić information content (AvgIpc) is 2.85. The van der Waals surface area contributed by atoms with Gasteiger partial charge in [0.25, 0.3) is 0 Å². The number of hydrogen-bond donors (Lipinski definition) is 2. The highest BCUT2D eigenvalue weighted by atomic mass is 16.5. The highest BCUT2D eigenvalue weighted by Gasteiger charge is 2.13. The molecule has 0 aliphatic carbocycles. The van der Waals surface area contributed by atoms with E-state index < -0.39 is 0 Å².